The molecule has 1 rings (SSSR count). The molecule has 0 aromatic heterocycles. The lowest BCUT2D eigenvalue weighted by Gasteiger charge is -2.25. The monoisotopic (exact) mass is 191 g/mol. The van der Waals surface area contributed by atoms with Gasteiger partial charge in [-0.25, -0.2) is 0 Å². The lowest BCUT2D eigenvalue weighted by Crippen LogP contribution is -2.15. The van der Waals surface area contributed by atoms with Crippen LogP contribution in [0.15, 0.2) is 18.2 Å². The fourth-order valence-electron chi connectivity index (χ4n) is 1.73. The van der Waals surface area contributed by atoms with Crippen molar-refractivity contribution in [2.45, 2.75) is 46.0 Å². The van der Waals surface area contributed by atoms with Crippen molar-refractivity contribution < 1.29 is 0 Å². The summed E-state index contributed by atoms with van der Waals surface area (Å²) in [5, 5.41) is 0. The van der Waals surface area contributed by atoms with E-state index in [0.29, 0.717) is 5.92 Å². The number of nitrogens with two attached hydrogens (primary N) is 1. The van der Waals surface area contributed by atoms with E-state index in [2.05, 4.69) is 46.8 Å². The molecule has 2 N–H and O–H groups in total. The van der Waals surface area contributed by atoms with Gasteiger partial charge in [-0.05, 0) is 34.6 Å². The molecule has 1 nitrogen and oxygen atoms in total. The molecule has 0 radical (unpaired) electrons. The van der Waals surface area contributed by atoms with Gasteiger partial charge in [-0.3, -0.25) is 0 Å². The van der Waals surface area contributed by atoms with Crippen molar-refractivity contribution in [2.24, 2.45) is 0 Å². The van der Waals surface area contributed by atoms with E-state index in [4.69, 9.17) is 5.73 Å². The van der Waals surface area contributed by atoms with Crippen LogP contribution < -0.4 is 5.73 Å². The van der Waals surface area contributed by atoms with Crippen LogP contribution in [0.4, 0.5) is 5.69 Å². The summed E-state index contributed by atoms with van der Waals surface area (Å²) in [5.41, 5.74) is 9.64. The number of anilines is 1. The standard InChI is InChI=1S/C13H21N/c1-9(2)11-7-6-10(14)8-12(11)13(3,4)5/h6-9H,14H2,1-5H3. The minimum Gasteiger partial charge on any atom is -0.399 e. The Hall–Kier alpha value is -0.980. The van der Waals surface area contributed by atoms with Gasteiger partial charge in [-0.15, -0.1) is 0 Å². The first-order valence-corrected chi connectivity index (χ1v) is 5.22. The van der Waals surface area contributed by atoms with Gasteiger partial charge in [0.05, 0.1) is 0 Å². The van der Waals surface area contributed by atoms with Crippen molar-refractivity contribution in [2.75, 3.05) is 5.73 Å². The first-order valence-electron chi connectivity index (χ1n) is 5.22. The van der Waals surface area contributed by atoms with E-state index in [1.165, 1.54) is 11.1 Å². The summed E-state index contributed by atoms with van der Waals surface area (Å²) in [6.45, 7) is 11.1. The highest BCUT2D eigenvalue weighted by Crippen LogP contribution is 2.31. The molecule has 0 aliphatic rings. The molecule has 0 bridgehead atoms. The molecule has 0 saturated heterocycles. The summed E-state index contributed by atoms with van der Waals surface area (Å²) in [4.78, 5) is 0. The van der Waals surface area contributed by atoms with E-state index in [9.17, 15) is 0 Å². The largest absolute Gasteiger partial charge is 0.399 e. The number of benzene rings is 1. The van der Waals surface area contributed by atoms with Crippen molar-refractivity contribution >= 4 is 5.69 Å². The van der Waals surface area contributed by atoms with E-state index in [1.807, 2.05) is 6.07 Å². The molecule has 1 aromatic rings. The molecule has 0 amide bonds. The number of hydrogen-bond acceptors (Lipinski definition) is 1. The first-order chi connectivity index (χ1) is 6.32. The summed E-state index contributed by atoms with van der Waals surface area (Å²) in [6, 6.07) is 6.25. The third-order valence-corrected chi connectivity index (χ3v) is 2.51. The van der Waals surface area contributed by atoms with Gasteiger partial charge in [-0.2, -0.15) is 0 Å². The van der Waals surface area contributed by atoms with Crippen LogP contribution in [-0.4, -0.2) is 0 Å². The summed E-state index contributed by atoms with van der Waals surface area (Å²) in [5.74, 6) is 0.560. The number of rotatable bonds is 1. The van der Waals surface area contributed by atoms with Gasteiger partial charge in [0.1, 0.15) is 0 Å². The van der Waals surface area contributed by atoms with E-state index in [0.717, 1.165) is 5.69 Å². The van der Waals surface area contributed by atoms with E-state index >= 15 is 0 Å². The maximum atomic E-state index is 5.82. The van der Waals surface area contributed by atoms with Gasteiger partial charge in [0.15, 0.2) is 0 Å². The van der Waals surface area contributed by atoms with Gasteiger partial charge < -0.3 is 5.73 Å². The van der Waals surface area contributed by atoms with E-state index in [1.54, 1.807) is 0 Å². The zero-order valence-electron chi connectivity index (χ0n) is 9.89. The first kappa shape index (κ1) is 11.1. The minimum absolute atomic E-state index is 0.176. The van der Waals surface area contributed by atoms with Crippen molar-refractivity contribution in [3.05, 3.63) is 29.3 Å². The molecule has 0 atom stereocenters. The topological polar surface area (TPSA) is 26.0 Å². The van der Waals surface area contributed by atoms with Crippen LogP contribution in [0.25, 0.3) is 0 Å². The van der Waals surface area contributed by atoms with E-state index in [-0.39, 0.29) is 5.41 Å². The average molecular weight is 191 g/mol. The Kier molecular flexibility index (Phi) is 2.89. The fourth-order valence-corrected chi connectivity index (χ4v) is 1.73. The van der Waals surface area contributed by atoms with Crippen LogP contribution >= 0.6 is 0 Å². The van der Waals surface area contributed by atoms with E-state index < -0.39 is 0 Å². The summed E-state index contributed by atoms with van der Waals surface area (Å²) < 4.78 is 0. The Morgan fingerprint density at radius 2 is 1.71 bits per heavy atom. The average Bonchev–Trinajstić information content (AvgIpc) is 2.01. The van der Waals surface area contributed by atoms with Gasteiger partial charge in [0.25, 0.3) is 0 Å². The van der Waals surface area contributed by atoms with Crippen LogP contribution in [0.3, 0.4) is 0 Å². The Labute approximate surface area is 87.3 Å². The Balaban J connectivity index is 3.30. The lowest BCUT2D eigenvalue weighted by molar-refractivity contribution is 0.577. The Morgan fingerprint density at radius 3 is 2.14 bits per heavy atom. The molecule has 0 aliphatic carbocycles. The highest BCUT2D eigenvalue weighted by atomic mass is 14.5. The second-order valence-electron chi connectivity index (χ2n) is 5.25. The van der Waals surface area contributed by atoms with Crippen LogP contribution in [0.2, 0.25) is 0 Å². The maximum Gasteiger partial charge on any atom is 0.0317 e. The van der Waals surface area contributed by atoms with Gasteiger partial charge in [0, 0.05) is 5.69 Å². The van der Waals surface area contributed by atoms with Crippen molar-refractivity contribution in [1.29, 1.82) is 0 Å². The molecule has 14 heavy (non-hydrogen) atoms. The zero-order valence-corrected chi connectivity index (χ0v) is 9.89. The third kappa shape index (κ3) is 2.28. The number of nitrogen functional groups attached to an aromatic ring is 1. The Bertz CT molecular complexity index is 318. The molecular formula is C13H21N. The third-order valence-electron chi connectivity index (χ3n) is 2.51. The lowest BCUT2D eigenvalue weighted by atomic mass is 9.80. The molecule has 0 heterocycles. The predicted octanol–water partition coefficient (Wildman–Crippen LogP) is 3.69. The van der Waals surface area contributed by atoms with Crippen LogP contribution in [0.5, 0.6) is 0 Å². The molecule has 0 unspecified atom stereocenters. The maximum absolute atomic E-state index is 5.82. The van der Waals surface area contributed by atoms with Gasteiger partial charge in [-0.1, -0.05) is 40.7 Å². The summed E-state index contributed by atoms with van der Waals surface area (Å²) >= 11 is 0. The Morgan fingerprint density at radius 1 is 1.14 bits per heavy atom. The minimum atomic E-state index is 0.176. The molecular weight excluding hydrogens is 170 g/mol. The van der Waals surface area contributed by atoms with Crippen molar-refractivity contribution in [3.63, 3.8) is 0 Å². The molecule has 1 heteroatoms. The molecule has 78 valence electrons. The van der Waals surface area contributed by atoms with Crippen molar-refractivity contribution in [1.82, 2.24) is 0 Å². The molecule has 0 aliphatic heterocycles. The van der Waals surface area contributed by atoms with Crippen LogP contribution in [0.1, 0.15) is 51.7 Å². The number of hydrogen-bond donors (Lipinski definition) is 1. The summed E-state index contributed by atoms with van der Waals surface area (Å²) in [7, 11) is 0. The quantitative estimate of drug-likeness (QED) is 0.673. The second kappa shape index (κ2) is 3.64. The van der Waals surface area contributed by atoms with Gasteiger partial charge >= 0.3 is 0 Å². The zero-order chi connectivity index (χ0) is 10.9. The summed E-state index contributed by atoms with van der Waals surface area (Å²) in [6.07, 6.45) is 0. The SMILES string of the molecule is CC(C)c1ccc(N)cc1C(C)(C)C. The van der Waals surface area contributed by atoms with Crippen LogP contribution in [0, 0.1) is 0 Å². The molecule has 0 fully saturated rings. The fraction of sp³-hybridized carbons (Fsp3) is 0.538. The second-order valence-corrected chi connectivity index (χ2v) is 5.25. The highest BCUT2D eigenvalue weighted by molar-refractivity contribution is 5.48. The smallest absolute Gasteiger partial charge is 0.0317 e. The van der Waals surface area contributed by atoms with Gasteiger partial charge in [0.2, 0.25) is 0 Å². The normalized spacial score (nSPS) is 12.1. The molecule has 0 saturated carbocycles. The highest BCUT2D eigenvalue weighted by Gasteiger charge is 2.19. The van der Waals surface area contributed by atoms with Crippen LogP contribution in [-0.2, 0) is 5.41 Å². The molecule has 0 spiro atoms. The van der Waals surface area contributed by atoms with Crippen molar-refractivity contribution in [3.8, 4) is 0 Å². The predicted molar refractivity (Wildman–Crippen MR) is 63.6 cm³/mol. The molecule has 1 aromatic carbocycles.